The van der Waals surface area contributed by atoms with Gasteiger partial charge in [-0.3, -0.25) is 4.79 Å². The zero-order valence-corrected chi connectivity index (χ0v) is 24.3. The minimum absolute atomic E-state index is 0.221. The highest BCUT2D eigenvalue weighted by atomic mass is 32.2. The van der Waals surface area contributed by atoms with E-state index in [1.54, 1.807) is 59.5 Å². The molecule has 4 rings (SSSR count). The Morgan fingerprint density at radius 3 is 2.05 bits per heavy atom. The number of likely N-dealkylation sites (tertiary alicyclic amines) is 1. The molecular weight excluding hydrogens is 569 g/mol. The zero-order valence-electron chi connectivity index (χ0n) is 23.5. The highest BCUT2D eigenvalue weighted by Crippen LogP contribution is 2.37. The molecule has 1 fully saturated rings. The summed E-state index contributed by atoms with van der Waals surface area (Å²) >= 11 is 0. The van der Waals surface area contributed by atoms with Crippen LogP contribution < -0.4 is 15.4 Å². The van der Waals surface area contributed by atoms with Crippen LogP contribution in [0.25, 0.3) is 11.1 Å². The summed E-state index contributed by atoms with van der Waals surface area (Å²) in [7, 11) is -4.50. The molecule has 0 saturated carbocycles. The van der Waals surface area contributed by atoms with Crippen LogP contribution in [-0.4, -0.2) is 49.9 Å². The maximum atomic E-state index is 13.9. The van der Waals surface area contributed by atoms with Crippen molar-refractivity contribution in [2.24, 2.45) is 0 Å². The summed E-state index contributed by atoms with van der Waals surface area (Å²) in [6, 6.07) is 17.0. The lowest BCUT2D eigenvalue weighted by atomic mass is 10.0. The van der Waals surface area contributed by atoms with Crippen molar-refractivity contribution in [2.75, 3.05) is 18.4 Å². The normalized spacial score (nSPS) is 14.9. The Bertz CT molecular complexity index is 1530. The van der Waals surface area contributed by atoms with Crippen molar-refractivity contribution >= 4 is 27.6 Å². The standard InChI is InChI=1S/C30H33F3N4O4S/c1-29(2,3)35-28(39)34-23-12-9-21(10-13-23)27(38)37-17-15-24(16-18-37)36-42(40,41)26-14-11-22(19-25(26)30(31,32)33)20-7-5-4-6-8-20/h4-14,19,24,36H,15-18H2,1-3H3,(H2,34,35,39). The van der Waals surface area contributed by atoms with Gasteiger partial charge in [0, 0.05) is 35.9 Å². The molecule has 1 heterocycles. The predicted octanol–water partition coefficient (Wildman–Crippen LogP) is 5.88. The van der Waals surface area contributed by atoms with Gasteiger partial charge in [-0.15, -0.1) is 0 Å². The van der Waals surface area contributed by atoms with Crippen LogP contribution in [0.4, 0.5) is 23.7 Å². The Hall–Kier alpha value is -3.90. The first-order valence-electron chi connectivity index (χ1n) is 13.4. The molecule has 8 nitrogen and oxygen atoms in total. The number of carbonyl (C=O) groups excluding carboxylic acids is 2. The highest BCUT2D eigenvalue weighted by Gasteiger charge is 2.38. The second-order valence-electron chi connectivity index (χ2n) is 11.2. The number of benzene rings is 3. The van der Waals surface area contributed by atoms with E-state index in [1.807, 2.05) is 20.8 Å². The first kappa shape index (κ1) is 31.0. The summed E-state index contributed by atoms with van der Waals surface area (Å²) in [4.78, 5) is 25.8. The number of hydrogen-bond acceptors (Lipinski definition) is 4. The van der Waals surface area contributed by atoms with E-state index >= 15 is 0 Å². The summed E-state index contributed by atoms with van der Waals surface area (Å²) in [6.45, 7) is 6.00. The topological polar surface area (TPSA) is 108 Å². The molecule has 0 aromatic heterocycles. The molecule has 1 saturated heterocycles. The predicted molar refractivity (Wildman–Crippen MR) is 154 cm³/mol. The van der Waals surface area contributed by atoms with Crippen LogP contribution in [0.15, 0.2) is 77.7 Å². The lowest BCUT2D eigenvalue weighted by Crippen LogP contribution is -2.46. The first-order chi connectivity index (χ1) is 19.6. The van der Waals surface area contributed by atoms with Gasteiger partial charge >= 0.3 is 12.2 Å². The Kier molecular flexibility index (Phi) is 8.98. The summed E-state index contributed by atoms with van der Waals surface area (Å²) < 4.78 is 70.5. The molecule has 1 aliphatic heterocycles. The summed E-state index contributed by atoms with van der Waals surface area (Å²) in [5, 5.41) is 5.48. The van der Waals surface area contributed by atoms with E-state index in [4.69, 9.17) is 0 Å². The van der Waals surface area contributed by atoms with Gasteiger partial charge in [-0.05, 0) is 81.1 Å². The van der Waals surface area contributed by atoms with Crippen molar-refractivity contribution in [2.45, 2.75) is 56.3 Å². The SMILES string of the molecule is CC(C)(C)NC(=O)Nc1ccc(C(=O)N2CCC(NS(=O)(=O)c3ccc(-c4ccccc4)cc3C(F)(F)F)CC2)cc1. The molecule has 0 unspecified atom stereocenters. The minimum atomic E-state index is -4.88. The Morgan fingerprint density at radius 1 is 0.857 bits per heavy atom. The lowest BCUT2D eigenvalue weighted by molar-refractivity contribution is -0.139. The fourth-order valence-corrected chi connectivity index (χ4v) is 6.17. The molecule has 0 bridgehead atoms. The van der Waals surface area contributed by atoms with Crippen molar-refractivity contribution in [1.29, 1.82) is 0 Å². The summed E-state index contributed by atoms with van der Waals surface area (Å²) in [5.41, 5.74) is 0.0476. The maximum absolute atomic E-state index is 13.9. The van der Waals surface area contributed by atoms with Gasteiger partial charge in [0.2, 0.25) is 10.0 Å². The van der Waals surface area contributed by atoms with Gasteiger partial charge in [0.1, 0.15) is 0 Å². The quantitative estimate of drug-likeness (QED) is 0.328. The van der Waals surface area contributed by atoms with E-state index in [-0.39, 0.29) is 43.4 Å². The van der Waals surface area contributed by atoms with Gasteiger partial charge in [-0.1, -0.05) is 36.4 Å². The monoisotopic (exact) mass is 602 g/mol. The second-order valence-corrected chi connectivity index (χ2v) is 12.9. The molecule has 12 heteroatoms. The van der Waals surface area contributed by atoms with Gasteiger partial charge in [-0.25, -0.2) is 17.9 Å². The molecule has 0 aliphatic carbocycles. The van der Waals surface area contributed by atoms with Crippen LogP contribution in [0.2, 0.25) is 0 Å². The molecule has 1 aliphatic rings. The van der Waals surface area contributed by atoms with Crippen molar-refractivity contribution in [3.05, 3.63) is 83.9 Å². The molecule has 0 spiro atoms. The number of sulfonamides is 1. The van der Waals surface area contributed by atoms with Crippen LogP contribution in [0.3, 0.4) is 0 Å². The van der Waals surface area contributed by atoms with E-state index in [9.17, 15) is 31.2 Å². The van der Waals surface area contributed by atoms with Gasteiger partial charge in [0.05, 0.1) is 10.5 Å². The van der Waals surface area contributed by atoms with Gasteiger partial charge in [0.25, 0.3) is 5.91 Å². The molecule has 3 aromatic rings. The Labute approximate surface area is 243 Å². The number of anilines is 1. The number of piperidine rings is 1. The second kappa shape index (κ2) is 12.1. The molecule has 42 heavy (non-hydrogen) atoms. The minimum Gasteiger partial charge on any atom is -0.339 e. The van der Waals surface area contributed by atoms with E-state index < -0.39 is 38.2 Å². The summed E-state index contributed by atoms with van der Waals surface area (Å²) in [5.74, 6) is -0.266. The molecule has 3 amide bonds. The van der Waals surface area contributed by atoms with Crippen LogP contribution in [-0.2, 0) is 16.2 Å². The Morgan fingerprint density at radius 2 is 1.48 bits per heavy atom. The van der Waals surface area contributed by atoms with E-state index in [0.29, 0.717) is 16.8 Å². The lowest BCUT2D eigenvalue weighted by Gasteiger charge is -2.32. The molecule has 3 N–H and O–H groups in total. The molecule has 0 radical (unpaired) electrons. The number of carbonyl (C=O) groups is 2. The number of rotatable bonds is 6. The smallest absolute Gasteiger partial charge is 0.339 e. The van der Waals surface area contributed by atoms with Crippen LogP contribution in [0, 0.1) is 0 Å². The van der Waals surface area contributed by atoms with Crippen LogP contribution >= 0.6 is 0 Å². The number of nitrogens with one attached hydrogen (secondary N) is 3. The molecular formula is C30H33F3N4O4S. The van der Waals surface area contributed by atoms with E-state index in [2.05, 4.69) is 15.4 Å². The van der Waals surface area contributed by atoms with Crippen LogP contribution in [0.5, 0.6) is 0 Å². The van der Waals surface area contributed by atoms with Gasteiger partial charge in [-0.2, -0.15) is 13.2 Å². The number of hydrogen-bond donors (Lipinski definition) is 3. The number of nitrogens with zero attached hydrogens (tertiary/aromatic N) is 1. The van der Waals surface area contributed by atoms with Crippen molar-refractivity contribution < 1.29 is 31.2 Å². The van der Waals surface area contributed by atoms with Crippen molar-refractivity contribution in [3.63, 3.8) is 0 Å². The van der Waals surface area contributed by atoms with E-state index in [0.717, 1.165) is 12.1 Å². The molecule has 3 aromatic carbocycles. The van der Waals surface area contributed by atoms with Crippen molar-refractivity contribution in [1.82, 2.24) is 14.9 Å². The third kappa shape index (κ3) is 7.89. The number of amides is 3. The Balaban J connectivity index is 1.39. The average molecular weight is 603 g/mol. The highest BCUT2D eigenvalue weighted by molar-refractivity contribution is 7.89. The van der Waals surface area contributed by atoms with Gasteiger partial charge < -0.3 is 15.5 Å². The van der Waals surface area contributed by atoms with Gasteiger partial charge in [0.15, 0.2) is 0 Å². The third-order valence-electron chi connectivity index (χ3n) is 6.66. The number of halogens is 3. The molecule has 0 atom stereocenters. The fraction of sp³-hybridized carbons (Fsp3) is 0.333. The zero-order chi connectivity index (χ0) is 30.7. The number of alkyl halides is 3. The third-order valence-corrected chi connectivity index (χ3v) is 8.24. The fourth-order valence-electron chi connectivity index (χ4n) is 4.66. The average Bonchev–Trinajstić information content (AvgIpc) is 2.92. The number of urea groups is 1. The summed E-state index contributed by atoms with van der Waals surface area (Å²) in [6.07, 6.45) is -4.41. The van der Waals surface area contributed by atoms with E-state index in [1.165, 1.54) is 6.07 Å². The molecule has 224 valence electrons. The largest absolute Gasteiger partial charge is 0.417 e. The first-order valence-corrected chi connectivity index (χ1v) is 14.9. The van der Waals surface area contributed by atoms with Crippen LogP contribution in [0.1, 0.15) is 49.5 Å². The van der Waals surface area contributed by atoms with Crippen molar-refractivity contribution in [3.8, 4) is 11.1 Å². The maximum Gasteiger partial charge on any atom is 0.417 e.